The molecule has 156 valence electrons. The fourth-order valence-electron chi connectivity index (χ4n) is 4.38. The van der Waals surface area contributed by atoms with Crippen LogP contribution < -0.4 is 15.4 Å². The molecule has 29 heavy (non-hydrogen) atoms. The highest BCUT2D eigenvalue weighted by atomic mass is 79.9. The first kappa shape index (κ1) is 20.5. The number of fused-ring (bicyclic) bond motifs is 3. The summed E-state index contributed by atoms with van der Waals surface area (Å²) in [5.74, 6) is 0.958. The molecule has 2 aromatic rings. The Labute approximate surface area is 184 Å². The first-order chi connectivity index (χ1) is 13.7. The van der Waals surface area contributed by atoms with Gasteiger partial charge in [0, 0.05) is 14.9 Å². The predicted octanol–water partition coefficient (Wildman–Crippen LogP) is 5.62. The van der Waals surface area contributed by atoms with E-state index in [1.807, 2.05) is 0 Å². The van der Waals surface area contributed by atoms with Crippen molar-refractivity contribution in [3.63, 3.8) is 0 Å². The lowest BCUT2D eigenvalue weighted by Crippen LogP contribution is -2.38. The van der Waals surface area contributed by atoms with Crippen molar-refractivity contribution in [3.05, 3.63) is 38.2 Å². The van der Waals surface area contributed by atoms with Gasteiger partial charge in [0.2, 0.25) is 0 Å². The molecule has 1 aliphatic heterocycles. The number of halogens is 1. The molecule has 1 aromatic carbocycles. The van der Waals surface area contributed by atoms with Crippen LogP contribution in [0.4, 0.5) is 5.00 Å². The van der Waals surface area contributed by atoms with Gasteiger partial charge in [-0.1, -0.05) is 43.1 Å². The van der Waals surface area contributed by atoms with Gasteiger partial charge >= 0.3 is 0 Å². The molecule has 5 nitrogen and oxygen atoms in total. The highest BCUT2D eigenvalue weighted by Crippen LogP contribution is 2.48. The van der Waals surface area contributed by atoms with Gasteiger partial charge in [-0.15, -0.1) is 11.3 Å². The van der Waals surface area contributed by atoms with E-state index < -0.39 is 6.17 Å². The van der Waals surface area contributed by atoms with Crippen LogP contribution in [0.15, 0.2) is 16.6 Å². The standard InChI is InChI=1S/C22H27BrN2O3S/c1-5-22(2,3)11-6-7-13-16(8-11)29-21-17(13)20(27)24-19(25-21)14-9-12(23)10-15(28-4)18(14)26/h9-11,19,25-26H,5-8H2,1-4H3,(H,24,27). The number of methoxy groups -OCH3 is 1. The molecule has 0 radical (unpaired) electrons. The number of phenolic OH excluding ortho intramolecular Hbond substituents is 1. The number of aromatic hydroxyl groups is 1. The van der Waals surface area contributed by atoms with Gasteiger partial charge in [0.25, 0.3) is 5.91 Å². The number of hydrogen-bond acceptors (Lipinski definition) is 5. The number of anilines is 1. The molecule has 0 bridgehead atoms. The molecule has 2 heterocycles. The van der Waals surface area contributed by atoms with Gasteiger partial charge in [-0.25, -0.2) is 0 Å². The fourth-order valence-corrected chi connectivity index (χ4v) is 6.19. The minimum atomic E-state index is -0.510. The number of thiophene rings is 1. The molecule has 3 N–H and O–H groups in total. The molecule has 2 unspecified atom stereocenters. The van der Waals surface area contributed by atoms with Crippen LogP contribution >= 0.6 is 27.3 Å². The molecule has 0 spiro atoms. The van der Waals surface area contributed by atoms with Crippen LogP contribution in [0, 0.1) is 11.3 Å². The normalized spacial score (nSPS) is 21.1. The zero-order valence-electron chi connectivity index (χ0n) is 17.2. The van der Waals surface area contributed by atoms with Gasteiger partial charge < -0.3 is 20.5 Å². The van der Waals surface area contributed by atoms with Crippen molar-refractivity contribution >= 4 is 38.2 Å². The molecule has 0 fully saturated rings. The molecular weight excluding hydrogens is 452 g/mol. The second-order valence-corrected chi connectivity index (χ2v) is 10.6. The SMILES string of the molecule is CCC(C)(C)C1CCc2c(sc3c2C(=O)NC(c2cc(Br)cc(OC)c2O)N3)C1. The third-order valence-corrected chi connectivity index (χ3v) is 8.30. The van der Waals surface area contributed by atoms with Gasteiger partial charge in [0.05, 0.1) is 12.7 Å². The Kier molecular flexibility index (Phi) is 5.32. The van der Waals surface area contributed by atoms with Crippen LogP contribution in [-0.4, -0.2) is 18.1 Å². The number of ether oxygens (including phenoxy) is 1. The molecule has 1 aromatic heterocycles. The molecule has 1 aliphatic carbocycles. The molecule has 4 rings (SSSR count). The van der Waals surface area contributed by atoms with Crippen molar-refractivity contribution in [1.29, 1.82) is 0 Å². The number of amides is 1. The van der Waals surface area contributed by atoms with Crippen molar-refractivity contribution in [2.45, 2.75) is 52.6 Å². The topological polar surface area (TPSA) is 70.6 Å². The van der Waals surface area contributed by atoms with Crippen LogP contribution in [0.25, 0.3) is 0 Å². The molecular formula is C22H27BrN2O3S. The van der Waals surface area contributed by atoms with Crippen LogP contribution in [0.1, 0.15) is 66.1 Å². The molecule has 7 heteroatoms. The molecule has 0 saturated carbocycles. The summed E-state index contributed by atoms with van der Waals surface area (Å²) in [6.45, 7) is 6.95. The number of benzene rings is 1. The van der Waals surface area contributed by atoms with E-state index in [2.05, 4.69) is 47.3 Å². The monoisotopic (exact) mass is 478 g/mol. The average molecular weight is 479 g/mol. The summed E-state index contributed by atoms with van der Waals surface area (Å²) >= 11 is 5.14. The Morgan fingerprint density at radius 1 is 1.34 bits per heavy atom. The number of carbonyl (C=O) groups is 1. The van der Waals surface area contributed by atoms with E-state index in [1.165, 1.54) is 17.6 Å². The third-order valence-electron chi connectivity index (χ3n) is 6.66. The van der Waals surface area contributed by atoms with Crippen molar-refractivity contribution in [3.8, 4) is 11.5 Å². The van der Waals surface area contributed by atoms with Crippen molar-refractivity contribution < 1.29 is 14.6 Å². The fraction of sp³-hybridized carbons (Fsp3) is 0.500. The first-order valence-electron chi connectivity index (χ1n) is 10.0. The smallest absolute Gasteiger partial charge is 0.256 e. The van der Waals surface area contributed by atoms with E-state index in [4.69, 9.17) is 4.74 Å². The van der Waals surface area contributed by atoms with E-state index >= 15 is 0 Å². The quantitative estimate of drug-likeness (QED) is 0.533. The lowest BCUT2D eigenvalue weighted by atomic mass is 9.69. The maximum atomic E-state index is 13.0. The average Bonchev–Trinajstić information content (AvgIpc) is 3.07. The van der Waals surface area contributed by atoms with Gasteiger partial charge in [-0.3, -0.25) is 4.79 Å². The Bertz CT molecular complexity index is 969. The lowest BCUT2D eigenvalue weighted by molar-refractivity contribution is 0.0934. The van der Waals surface area contributed by atoms with Crippen LogP contribution in [0.3, 0.4) is 0 Å². The summed E-state index contributed by atoms with van der Waals surface area (Å²) in [5.41, 5.74) is 2.87. The lowest BCUT2D eigenvalue weighted by Gasteiger charge is -2.36. The minimum absolute atomic E-state index is 0.0306. The Morgan fingerprint density at radius 2 is 2.10 bits per heavy atom. The molecule has 0 saturated heterocycles. The Hall–Kier alpha value is -1.73. The van der Waals surface area contributed by atoms with Crippen molar-refractivity contribution in [1.82, 2.24) is 5.32 Å². The Balaban J connectivity index is 1.67. The number of hydrogen-bond donors (Lipinski definition) is 3. The summed E-state index contributed by atoms with van der Waals surface area (Å²) in [6.07, 6.45) is 3.75. The zero-order chi connectivity index (χ0) is 20.9. The van der Waals surface area contributed by atoms with Gasteiger partial charge in [-0.2, -0.15) is 0 Å². The van der Waals surface area contributed by atoms with E-state index in [0.717, 1.165) is 40.7 Å². The maximum absolute atomic E-state index is 13.0. The highest BCUT2D eigenvalue weighted by molar-refractivity contribution is 9.10. The van der Waals surface area contributed by atoms with Gasteiger partial charge in [-0.05, 0) is 48.3 Å². The maximum Gasteiger partial charge on any atom is 0.256 e. The summed E-state index contributed by atoms with van der Waals surface area (Å²) in [4.78, 5) is 14.3. The molecule has 1 amide bonds. The zero-order valence-corrected chi connectivity index (χ0v) is 19.6. The number of phenols is 1. The highest BCUT2D eigenvalue weighted by Gasteiger charge is 2.38. The first-order valence-corrected chi connectivity index (χ1v) is 11.6. The third kappa shape index (κ3) is 3.52. The summed E-state index contributed by atoms with van der Waals surface area (Å²) in [5, 5.41) is 17.9. The van der Waals surface area contributed by atoms with E-state index in [9.17, 15) is 9.90 Å². The van der Waals surface area contributed by atoms with E-state index in [-0.39, 0.29) is 11.7 Å². The molecule has 2 aliphatic rings. The van der Waals surface area contributed by atoms with Gasteiger partial charge in [0.1, 0.15) is 11.2 Å². The predicted molar refractivity (Wildman–Crippen MR) is 120 cm³/mol. The minimum Gasteiger partial charge on any atom is -0.504 e. The summed E-state index contributed by atoms with van der Waals surface area (Å²) in [6, 6.07) is 3.50. The summed E-state index contributed by atoms with van der Waals surface area (Å²) in [7, 11) is 1.51. The summed E-state index contributed by atoms with van der Waals surface area (Å²) < 4.78 is 6.03. The van der Waals surface area contributed by atoms with Crippen molar-refractivity contribution in [2.24, 2.45) is 11.3 Å². The number of nitrogens with one attached hydrogen (secondary N) is 2. The van der Waals surface area contributed by atoms with E-state index in [0.29, 0.717) is 22.6 Å². The second-order valence-electron chi connectivity index (χ2n) is 8.59. The van der Waals surface area contributed by atoms with Crippen LogP contribution in [0.2, 0.25) is 0 Å². The van der Waals surface area contributed by atoms with Gasteiger partial charge in [0.15, 0.2) is 11.5 Å². The Morgan fingerprint density at radius 3 is 2.79 bits per heavy atom. The number of carbonyl (C=O) groups excluding carboxylic acids is 1. The van der Waals surface area contributed by atoms with Crippen molar-refractivity contribution in [2.75, 3.05) is 12.4 Å². The largest absolute Gasteiger partial charge is 0.504 e. The van der Waals surface area contributed by atoms with E-state index in [1.54, 1.807) is 23.5 Å². The number of rotatable bonds is 4. The second kappa shape index (κ2) is 7.51. The van der Waals surface area contributed by atoms with Crippen LogP contribution in [0.5, 0.6) is 11.5 Å². The molecule has 2 atom stereocenters. The van der Waals surface area contributed by atoms with Crippen LogP contribution in [-0.2, 0) is 12.8 Å².